The van der Waals surface area contributed by atoms with Crippen LogP contribution in [0.4, 0.5) is 9.18 Å². The minimum absolute atomic E-state index is 0.0868. The van der Waals surface area contributed by atoms with E-state index in [0.717, 1.165) is 43.7 Å². The Balaban J connectivity index is 1.14. The highest BCUT2D eigenvalue weighted by Gasteiger charge is 2.46. The molecule has 8 heteroatoms. The van der Waals surface area contributed by atoms with Crippen LogP contribution in [0.3, 0.4) is 0 Å². The van der Waals surface area contributed by atoms with Gasteiger partial charge in [-0.15, -0.1) is 0 Å². The third-order valence-corrected chi connectivity index (χ3v) is 7.38. The first kappa shape index (κ1) is 24.5. The fourth-order valence-electron chi connectivity index (χ4n) is 5.55. The van der Waals surface area contributed by atoms with Crippen molar-refractivity contribution in [2.45, 2.75) is 71.3 Å². The van der Waals surface area contributed by atoms with Crippen molar-refractivity contribution in [3.63, 3.8) is 0 Å². The molecule has 3 aliphatic rings. The predicted molar refractivity (Wildman–Crippen MR) is 124 cm³/mol. The van der Waals surface area contributed by atoms with E-state index >= 15 is 0 Å². The van der Waals surface area contributed by atoms with Gasteiger partial charge < -0.3 is 14.4 Å². The Bertz CT molecular complexity index is 918. The molecule has 4 rings (SSSR count). The second-order valence-electron chi connectivity index (χ2n) is 10.3. The van der Waals surface area contributed by atoms with Crippen LogP contribution >= 0.6 is 0 Å². The number of hydrogen-bond acceptors (Lipinski definition) is 5. The molecule has 1 aromatic carbocycles. The largest absolute Gasteiger partial charge is 0.493 e. The van der Waals surface area contributed by atoms with Crippen LogP contribution in [0.2, 0.25) is 0 Å². The minimum Gasteiger partial charge on any atom is -0.493 e. The van der Waals surface area contributed by atoms with Crippen LogP contribution in [0.5, 0.6) is 5.75 Å². The smallest absolute Gasteiger partial charge is 0.410 e. The van der Waals surface area contributed by atoms with Gasteiger partial charge in [-0.25, -0.2) is 9.18 Å². The lowest BCUT2D eigenvalue weighted by molar-refractivity contribution is -0.125. The lowest BCUT2D eigenvalue weighted by atomic mass is 9.56. The number of imide groups is 1. The number of likely N-dealkylation sites (tertiary alicyclic amines) is 2. The molecule has 0 radical (unpaired) electrons. The molecular weight excluding hydrogens is 439 g/mol. The summed E-state index contributed by atoms with van der Waals surface area (Å²) in [5.41, 5.74) is 0.286. The molecule has 3 amide bonds. The van der Waals surface area contributed by atoms with E-state index in [1.165, 1.54) is 25.0 Å². The Morgan fingerprint density at radius 2 is 1.91 bits per heavy atom. The molecule has 186 valence electrons. The number of amides is 3. The van der Waals surface area contributed by atoms with E-state index in [9.17, 15) is 18.8 Å². The Hall–Kier alpha value is -2.64. The maximum Gasteiger partial charge on any atom is 0.410 e. The van der Waals surface area contributed by atoms with Crippen LogP contribution in [0.1, 0.15) is 75.6 Å². The molecule has 3 fully saturated rings. The topological polar surface area (TPSA) is 76.2 Å². The highest BCUT2D eigenvalue weighted by molar-refractivity contribution is 6.05. The highest BCUT2D eigenvalue weighted by Crippen LogP contribution is 2.54. The number of carbonyl (C=O) groups is 3. The molecule has 2 saturated heterocycles. The summed E-state index contributed by atoms with van der Waals surface area (Å²) >= 11 is 0. The van der Waals surface area contributed by atoms with Gasteiger partial charge in [0.25, 0.3) is 5.91 Å². The van der Waals surface area contributed by atoms with Gasteiger partial charge in [0.15, 0.2) is 0 Å². The van der Waals surface area contributed by atoms with E-state index in [4.69, 9.17) is 9.47 Å². The number of hydrogen-bond donors (Lipinski definition) is 0. The van der Waals surface area contributed by atoms with Crippen molar-refractivity contribution in [2.24, 2.45) is 11.3 Å². The van der Waals surface area contributed by atoms with Gasteiger partial charge >= 0.3 is 6.09 Å². The second kappa shape index (κ2) is 10.3. The van der Waals surface area contributed by atoms with Gasteiger partial charge in [-0.1, -0.05) is 0 Å². The van der Waals surface area contributed by atoms with Crippen molar-refractivity contribution >= 4 is 17.9 Å². The zero-order chi connectivity index (χ0) is 24.3. The third kappa shape index (κ3) is 5.53. The third-order valence-electron chi connectivity index (χ3n) is 7.38. The monoisotopic (exact) mass is 474 g/mol. The number of ether oxygens (including phenoxy) is 2. The summed E-state index contributed by atoms with van der Waals surface area (Å²) in [5.74, 6) is -0.415. The van der Waals surface area contributed by atoms with Gasteiger partial charge in [0.05, 0.1) is 18.3 Å². The van der Waals surface area contributed by atoms with Crippen LogP contribution in [0, 0.1) is 17.2 Å². The summed E-state index contributed by atoms with van der Waals surface area (Å²) in [4.78, 5) is 39.1. The van der Waals surface area contributed by atoms with Crippen molar-refractivity contribution in [1.82, 2.24) is 9.80 Å². The van der Waals surface area contributed by atoms with Gasteiger partial charge in [0.2, 0.25) is 5.91 Å². The predicted octanol–water partition coefficient (Wildman–Crippen LogP) is 4.78. The lowest BCUT2D eigenvalue weighted by Gasteiger charge is -2.52. The van der Waals surface area contributed by atoms with Crippen molar-refractivity contribution in [3.8, 4) is 5.75 Å². The average molecular weight is 475 g/mol. The molecule has 1 aliphatic carbocycles. The SMILES string of the molecule is CC(C)OC(=O)N1CCC2(CC1)CC(CCCOc1ccc(C(=O)N3CCCC3=O)c(F)c1)C2. The van der Waals surface area contributed by atoms with Gasteiger partial charge in [-0.05, 0) is 82.3 Å². The molecule has 2 aliphatic heterocycles. The molecule has 0 N–H and O–H groups in total. The molecule has 1 spiro atoms. The van der Waals surface area contributed by atoms with Crippen molar-refractivity contribution in [1.29, 1.82) is 0 Å². The first-order valence-electron chi connectivity index (χ1n) is 12.5. The molecule has 1 aromatic rings. The van der Waals surface area contributed by atoms with Crippen LogP contribution in [0.25, 0.3) is 0 Å². The number of benzene rings is 1. The first-order chi connectivity index (χ1) is 16.3. The Morgan fingerprint density at radius 3 is 2.53 bits per heavy atom. The van der Waals surface area contributed by atoms with E-state index < -0.39 is 11.7 Å². The Morgan fingerprint density at radius 1 is 1.18 bits per heavy atom. The summed E-state index contributed by atoms with van der Waals surface area (Å²) in [6.07, 6.45) is 7.10. The van der Waals surface area contributed by atoms with E-state index in [0.29, 0.717) is 43.1 Å². The van der Waals surface area contributed by atoms with Gasteiger partial charge in [0, 0.05) is 32.1 Å². The highest BCUT2D eigenvalue weighted by atomic mass is 19.1. The summed E-state index contributed by atoms with van der Waals surface area (Å²) in [7, 11) is 0. The second-order valence-corrected chi connectivity index (χ2v) is 10.3. The van der Waals surface area contributed by atoms with Crippen LogP contribution < -0.4 is 4.74 Å². The van der Waals surface area contributed by atoms with E-state index in [-0.39, 0.29) is 23.7 Å². The fraction of sp³-hybridized carbons (Fsp3) is 0.654. The van der Waals surface area contributed by atoms with Gasteiger partial charge in [0.1, 0.15) is 11.6 Å². The number of nitrogens with zero attached hydrogens (tertiary/aromatic N) is 2. The van der Waals surface area contributed by atoms with E-state index in [1.54, 1.807) is 6.07 Å². The molecule has 0 aromatic heterocycles. The van der Waals surface area contributed by atoms with Crippen molar-refractivity contribution in [2.75, 3.05) is 26.2 Å². The molecule has 0 bridgehead atoms. The van der Waals surface area contributed by atoms with Crippen LogP contribution in [-0.2, 0) is 9.53 Å². The fourth-order valence-corrected chi connectivity index (χ4v) is 5.55. The van der Waals surface area contributed by atoms with Crippen LogP contribution in [0.15, 0.2) is 18.2 Å². The molecular formula is C26H35FN2O5. The zero-order valence-corrected chi connectivity index (χ0v) is 20.2. The van der Waals surface area contributed by atoms with E-state index in [1.807, 2.05) is 18.7 Å². The van der Waals surface area contributed by atoms with E-state index in [2.05, 4.69) is 0 Å². The standard InChI is InChI=1S/C26H35FN2O5/c1-18(2)34-25(32)28-12-9-26(10-13-28)16-19(17-26)5-4-14-33-20-7-8-21(22(27)15-20)24(31)29-11-3-6-23(29)30/h7-8,15,18-19H,3-6,9-14,16-17H2,1-2H3. The normalized spacial score (nSPS) is 20.1. The molecule has 2 heterocycles. The van der Waals surface area contributed by atoms with Gasteiger partial charge in [-0.3, -0.25) is 14.5 Å². The molecule has 34 heavy (non-hydrogen) atoms. The lowest BCUT2D eigenvalue weighted by Crippen LogP contribution is -2.49. The quantitative estimate of drug-likeness (QED) is 0.420. The van der Waals surface area contributed by atoms with Crippen molar-refractivity contribution in [3.05, 3.63) is 29.6 Å². The summed E-state index contributed by atoms with van der Waals surface area (Å²) in [6, 6.07) is 4.22. The maximum absolute atomic E-state index is 14.5. The van der Waals surface area contributed by atoms with Crippen molar-refractivity contribution < 1.29 is 28.2 Å². The first-order valence-corrected chi connectivity index (χ1v) is 12.5. The summed E-state index contributed by atoms with van der Waals surface area (Å²) < 4.78 is 25.5. The maximum atomic E-state index is 14.5. The average Bonchev–Trinajstić information content (AvgIpc) is 3.20. The summed E-state index contributed by atoms with van der Waals surface area (Å²) in [5, 5.41) is 0. The number of carbonyl (C=O) groups excluding carboxylic acids is 3. The zero-order valence-electron chi connectivity index (χ0n) is 20.2. The summed E-state index contributed by atoms with van der Waals surface area (Å²) in [6.45, 7) is 6.13. The molecule has 0 unspecified atom stereocenters. The molecule has 1 saturated carbocycles. The Kier molecular flexibility index (Phi) is 7.43. The molecule has 0 atom stereocenters. The van der Waals surface area contributed by atoms with Gasteiger partial charge in [-0.2, -0.15) is 0 Å². The van der Waals surface area contributed by atoms with Crippen LogP contribution in [-0.4, -0.2) is 60.1 Å². The minimum atomic E-state index is -0.660. The Labute approximate surface area is 200 Å². The number of piperidine rings is 1. The number of halogens is 1. The molecule has 7 nitrogen and oxygen atoms in total. The number of rotatable bonds is 7.